The van der Waals surface area contributed by atoms with E-state index < -0.39 is 0 Å². The van der Waals surface area contributed by atoms with Crippen molar-refractivity contribution < 1.29 is 9.90 Å². The number of carbonyl (C=O) groups is 1. The largest absolute Gasteiger partial charge is 0.393 e. The normalized spacial score (nSPS) is 12.9. The van der Waals surface area contributed by atoms with E-state index in [4.69, 9.17) is 16.7 Å². The molecule has 1 unspecified atom stereocenters. The van der Waals surface area contributed by atoms with Crippen molar-refractivity contribution in [2.75, 3.05) is 0 Å². The van der Waals surface area contributed by atoms with E-state index >= 15 is 0 Å². The number of unbranched alkanes of at least 4 members (excludes halogenated alkanes) is 3. The molecule has 0 fully saturated rings. The maximum atomic E-state index is 10.3. The fourth-order valence-corrected chi connectivity index (χ4v) is 1.19. The van der Waals surface area contributed by atoms with Gasteiger partial charge >= 0.3 is 0 Å². The van der Waals surface area contributed by atoms with Crippen LogP contribution < -0.4 is 0 Å². The number of aliphatic hydroxyl groups is 1. The van der Waals surface area contributed by atoms with E-state index in [2.05, 4.69) is 0 Å². The van der Waals surface area contributed by atoms with Gasteiger partial charge in [0.25, 0.3) is 0 Å². The molecule has 0 spiro atoms. The van der Waals surface area contributed by atoms with E-state index in [-0.39, 0.29) is 11.3 Å². The second kappa shape index (κ2) is 7.56. The van der Waals surface area contributed by atoms with Gasteiger partial charge in [-0.3, -0.25) is 4.79 Å². The summed E-state index contributed by atoms with van der Waals surface area (Å²) in [6.45, 7) is 1.79. The van der Waals surface area contributed by atoms with Gasteiger partial charge in [0.2, 0.25) is 5.24 Å². The summed E-state index contributed by atoms with van der Waals surface area (Å²) in [5.74, 6) is 0. The number of hydrogen-bond donors (Lipinski definition) is 1. The summed E-state index contributed by atoms with van der Waals surface area (Å²) >= 11 is 5.16. The van der Waals surface area contributed by atoms with Gasteiger partial charge in [-0.05, 0) is 31.4 Å². The molecule has 1 N–H and O–H groups in total. The summed E-state index contributed by atoms with van der Waals surface area (Å²) in [6, 6.07) is 0. The van der Waals surface area contributed by atoms with Crippen LogP contribution in [0.5, 0.6) is 0 Å². The Labute approximate surface area is 78.9 Å². The lowest BCUT2D eigenvalue weighted by atomic mass is 10.1. The fraction of sp³-hybridized carbons (Fsp3) is 0.889. The molecule has 0 aliphatic rings. The van der Waals surface area contributed by atoms with Crippen LogP contribution in [0.1, 0.15) is 45.4 Å². The van der Waals surface area contributed by atoms with Crippen molar-refractivity contribution >= 4 is 16.8 Å². The van der Waals surface area contributed by atoms with Crippen LogP contribution in [0.2, 0.25) is 0 Å². The first-order chi connectivity index (χ1) is 5.63. The Hall–Kier alpha value is -0.0800. The third-order valence-electron chi connectivity index (χ3n) is 1.75. The summed E-state index contributed by atoms with van der Waals surface area (Å²) in [4.78, 5) is 10.3. The van der Waals surface area contributed by atoms with Crippen molar-refractivity contribution in [3.63, 3.8) is 0 Å². The van der Waals surface area contributed by atoms with Gasteiger partial charge in [0.1, 0.15) is 0 Å². The molecule has 0 aromatic heterocycles. The lowest BCUT2D eigenvalue weighted by Crippen LogP contribution is -1.98. The van der Waals surface area contributed by atoms with Gasteiger partial charge in [0.05, 0.1) is 6.10 Å². The first-order valence-corrected chi connectivity index (χ1v) is 4.87. The average molecular weight is 193 g/mol. The lowest BCUT2D eigenvalue weighted by Gasteiger charge is -2.02. The van der Waals surface area contributed by atoms with Crippen LogP contribution in [0, 0.1) is 0 Å². The van der Waals surface area contributed by atoms with Crippen LogP contribution in [0.3, 0.4) is 0 Å². The molecule has 0 aromatic carbocycles. The summed E-state index contributed by atoms with van der Waals surface area (Å²) in [5, 5.41) is 8.68. The zero-order valence-corrected chi connectivity index (χ0v) is 8.31. The molecule has 72 valence electrons. The van der Waals surface area contributed by atoms with Crippen LogP contribution in [0.25, 0.3) is 0 Å². The molecule has 0 bridgehead atoms. The maximum Gasteiger partial charge on any atom is 0.221 e. The van der Waals surface area contributed by atoms with E-state index in [1.54, 1.807) is 6.92 Å². The number of halogens is 1. The molecule has 12 heavy (non-hydrogen) atoms. The van der Waals surface area contributed by atoms with E-state index in [0.29, 0.717) is 6.42 Å². The summed E-state index contributed by atoms with van der Waals surface area (Å²) < 4.78 is 0. The van der Waals surface area contributed by atoms with Gasteiger partial charge in [-0.25, -0.2) is 0 Å². The highest BCUT2D eigenvalue weighted by Crippen LogP contribution is 2.07. The van der Waals surface area contributed by atoms with Gasteiger partial charge in [0, 0.05) is 6.42 Å². The minimum atomic E-state index is -0.245. The van der Waals surface area contributed by atoms with Gasteiger partial charge in [-0.15, -0.1) is 0 Å². The third kappa shape index (κ3) is 9.92. The molecule has 0 radical (unpaired) electrons. The molecule has 3 heteroatoms. The quantitative estimate of drug-likeness (QED) is 0.497. The van der Waals surface area contributed by atoms with Crippen LogP contribution in [-0.4, -0.2) is 16.5 Å². The maximum absolute atomic E-state index is 10.3. The van der Waals surface area contributed by atoms with Crippen LogP contribution in [0.15, 0.2) is 0 Å². The van der Waals surface area contributed by atoms with E-state index in [9.17, 15) is 4.79 Å². The van der Waals surface area contributed by atoms with Crippen molar-refractivity contribution in [2.45, 2.75) is 51.6 Å². The molecule has 0 amide bonds. The van der Waals surface area contributed by atoms with Gasteiger partial charge in [-0.1, -0.05) is 19.3 Å². The predicted molar refractivity (Wildman–Crippen MR) is 50.2 cm³/mol. The van der Waals surface area contributed by atoms with Crippen molar-refractivity contribution in [1.82, 2.24) is 0 Å². The molecule has 0 heterocycles. The highest BCUT2D eigenvalue weighted by Gasteiger charge is 1.97. The standard InChI is InChI=1S/C9H17ClO2/c1-8(11)6-4-2-3-5-7-9(10)12/h8,11H,2-7H2,1H3. The van der Waals surface area contributed by atoms with E-state index in [1.165, 1.54) is 0 Å². The molecule has 0 saturated heterocycles. The summed E-state index contributed by atoms with van der Waals surface area (Å²) in [7, 11) is 0. The molecular weight excluding hydrogens is 176 g/mol. The number of hydrogen-bond acceptors (Lipinski definition) is 2. The minimum absolute atomic E-state index is 0.195. The Morgan fingerprint density at radius 3 is 2.42 bits per heavy atom. The molecule has 0 rings (SSSR count). The van der Waals surface area contributed by atoms with Crippen LogP contribution in [-0.2, 0) is 4.79 Å². The highest BCUT2D eigenvalue weighted by atomic mass is 35.5. The topological polar surface area (TPSA) is 37.3 Å². The Bertz CT molecular complexity index is 124. The number of aliphatic hydroxyl groups excluding tert-OH is 1. The lowest BCUT2D eigenvalue weighted by molar-refractivity contribution is -0.111. The Morgan fingerprint density at radius 2 is 1.92 bits per heavy atom. The highest BCUT2D eigenvalue weighted by molar-refractivity contribution is 6.63. The monoisotopic (exact) mass is 192 g/mol. The van der Waals surface area contributed by atoms with E-state index in [0.717, 1.165) is 32.1 Å². The van der Waals surface area contributed by atoms with Crippen molar-refractivity contribution in [3.8, 4) is 0 Å². The minimum Gasteiger partial charge on any atom is -0.393 e. The Balaban J connectivity index is 2.96. The van der Waals surface area contributed by atoms with Crippen molar-refractivity contribution in [3.05, 3.63) is 0 Å². The predicted octanol–water partition coefficient (Wildman–Crippen LogP) is 2.47. The fourth-order valence-electron chi connectivity index (χ4n) is 1.06. The zero-order valence-electron chi connectivity index (χ0n) is 7.55. The smallest absolute Gasteiger partial charge is 0.221 e. The first kappa shape index (κ1) is 11.9. The van der Waals surface area contributed by atoms with Gasteiger partial charge in [-0.2, -0.15) is 0 Å². The second-order valence-electron chi connectivity index (χ2n) is 3.16. The molecule has 1 atom stereocenters. The summed E-state index contributed by atoms with van der Waals surface area (Å²) in [6.07, 6.45) is 5.17. The number of rotatable bonds is 7. The SMILES string of the molecule is CC(O)CCCCCCC(=O)Cl. The first-order valence-electron chi connectivity index (χ1n) is 4.49. The van der Waals surface area contributed by atoms with Crippen LogP contribution in [0.4, 0.5) is 0 Å². The van der Waals surface area contributed by atoms with Gasteiger partial charge < -0.3 is 5.11 Å². The Kier molecular flexibility index (Phi) is 7.51. The molecule has 0 aromatic rings. The number of carbonyl (C=O) groups excluding carboxylic acids is 1. The van der Waals surface area contributed by atoms with Crippen molar-refractivity contribution in [2.24, 2.45) is 0 Å². The molecule has 0 aliphatic carbocycles. The third-order valence-corrected chi connectivity index (χ3v) is 1.93. The summed E-state index contributed by atoms with van der Waals surface area (Å²) in [5.41, 5.74) is 0. The van der Waals surface area contributed by atoms with Crippen molar-refractivity contribution in [1.29, 1.82) is 0 Å². The Morgan fingerprint density at radius 1 is 1.33 bits per heavy atom. The van der Waals surface area contributed by atoms with E-state index in [1.807, 2.05) is 0 Å². The molecule has 0 saturated carbocycles. The molecule has 2 nitrogen and oxygen atoms in total. The van der Waals surface area contributed by atoms with Gasteiger partial charge in [0.15, 0.2) is 0 Å². The second-order valence-corrected chi connectivity index (χ2v) is 3.58. The molecular formula is C9H17ClO2. The average Bonchev–Trinajstić information content (AvgIpc) is 1.95. The zero-order chi connectivity index (χ0) is 9.40. The molecule has 0 aliphatic heterocycles. The van der Waals surface area contributed by atoms with Crippen LogP contribution >= 0.6 is 11.6 Å².